The minimum absolute atomic E-state index is 0.282. The zero-order valence-electron chi connectivity index (χ0n) is 14.1. The lowest BCUT2D eigenvalue weighted by molar-refractivity contribution is -0.124. The van der Waals surface area contributed by atoms with Gasteiger partial charge in [0.05, 0.1) is 6.10 Å². The van der Waals surface area contributed by atoms with Gasteiger partial charge in [-0.05, 0) is 38.3 Å². The minimum Gasteiger partial charge on any atom is -0.377 e. The second-order valence-corrected chi connectivity index (χ2v) is 7.66. The summed E-state index contributed by atoms with van der Waals surface area (Å²) in [6.07, 6.45) is 4.35. The fourth-order valence-electron chi connectivity index (χ4n) is 3.64. The van der Waals surface area contributed by atoms with E-state index in [0.717, 1.165) is 19.2 Å². The molecule has 2 rings (SSSR count). The standard InChI is InChI=1S/C17H34N2O/c1-6-19-9-7-8-14(19)11-18-15-10-16(17(15,4)5)20-12-13(2)3/h13-16,18H,6-12H2,1-5H3. The minimum atomic E-state index is 0.282. The van der Waals surface area contributed by atoms with E-state index in [4.69, 9.17) is 4.74 Å². The highest BCUT2D eigenvalue weighted by Gasteiger charge is 2.48. The third-order valence-electron chi connectivity index (χ3n) is 5.31. The molecule has 0 spiro atoms. The SMILES string of the molecule is CCN1CCCC1CNC1CC(OCC(C)C)C1(C)C. The number of hydrogen-bond donors (Lipinski definition) is 1. The van der Waals surface area contributed by atoms with Crippen LogP contribution in [0.2, 0.25) is 0 Å². The van der Waals surface area contributed by atoms with E-state index in [-0.39, 0.29) is 5.41 Å². The summed E-state index contributed by atoms with van der Waals surface area (Å²) in [5, 5.41) is 3.81. The highest BCUT2D eigenvalue weighted by Crippen LogP contribution is 2.43. The van der Waals surface area contributed by atoms with Gasteiger partial charge >= 0.3 is 0 Å². The topological polar surface area (TPSA) is 24.5 Å². The average molecular weight is 282 g/mol. The Morgan fingerprint density at radius 2 is 2.10 bits per heavy atom. The summed E-state index contributed by atoms with van der Waals surface area (Å²) < 4.78 is 6.05. The third-order valence-corrected chi connectivity index (χ3v) is 5.31. The first kappa shape index (κ1) is 16.3. The van der Waals surface area contributed by atoms with Crippen molar-refractivity contribution in [2.24, 2.45) is 11.3 Å². The van der Waals surface area contributed by atoms with Crippen LogP contribution in [-0.4, -0.2) is 49.3 Å². The Balaban J connectivity index is 1.72. The second-order valence-electron chi connectivity index (χ2n) is 7.66. The van der Waals surface area contributed by atoms with Crippen molar-refractivity contribution in [3.05, 3.63) is 0 Å². The molecule has 3 nitrogen and oxygen atoms in total. The summed E-state index contributed by atoms with van der Waals surface area (Å²) in [6.45, 7) is 16.0. The molecule has 3 unspecified atom stereocenters. The molecule has 20 heavy (non-hydrogen) atoms. The monoisotopic (exact) mass is 282 g/mol. The summed E-state index contributed by atoms with van der Waals surface area (Å²) in [6, 6.07) is 1.38. The summed E-state index contributed by atoms with van der Waals surface area (Å²) in [5.41, 5.74) is 0.282. The van der Waals surface area contributed by atoms with Crippen molar-refractivity contribution in [2.45, 2.75) is 72.1 Å². The Kier molecular flexibility index (Phi) is 5.49. The van der Waals surface area contributed by atoms with Gasteiger partial charge in [0.25, 0.3) is 0 Å². The van der Waals surface area contributed by atoms with Gasteiger partial charge < -0.3 is 10.1 Å². The van der Waals surface area contributed by atoms with Crippen molar-refractivity contribution in [3.8, 4) is 0 Å². The number of nitrogens with one attached hydrogen (secondary N) is 1. The Bertz CT molecular complexity index is 303. The van der Waals surface area contributed by atoms with E-state index in [0.29, 0.717) is 18.1 Å². The summed E-state index contributed by atoms with van der Waals surface area (Å²) in [7, 11) is 0. The van der Waals surface area contributed by atoms with Crippen molar-refractivity contribution < 1.29 is 4.74 Å². The number of ether oxygens (including phenoxy) is 1. The van der Waals surface area contributed by atoms with Gasteiger partial charge in [-0.1, -0.05) is 34.6 Å². The first-order valence-corrected chi connectivity index (χ1v) is 8.54. The van der Waals surface area contributed by atoms with Gasteiger partial charge in [-0.15, -0.1) is 0 Å². The number of nitrogens with zero attached hydrogens (tertiary/aromatic N) is 1. The summed E-state index contributed by atoms with van der Waals surface area (Å²) in [5.74, 6) is 0.634. The average Bonchev–Trinajstić information content (AvgIpc) is 2.83. The Hall–Kier alpha value is -0.120. The van der Waals surface area contributed by atoms with Crippen LogP contribution in [0.1, 0.15) is 53.9 Å². The third kappa shape index (κ3) is 3.55. The first-order valence-electron chi connectivity index (χ1n) is 8.54. The molecule has 0 radical (unpaired) electrons. The second kappa shape index (κ2) is 6.76. The van der Waals surface area contributed by atoms with E-state index in [2.05, 4.69) is 44.8 Å². The summed E-state index contributed by atoms with van der Waals surface area (Å²) >= 11 is 0. The van der Waals surface area contributed by atoms with Crippen LogP contribution in [0.25, 0.3) is 0 Å². The van der Waals surface area contributed by atoms with Crippen molar-refractivity contribution in [1.29, 1.82) is 0 Å². The van der Waals surface area contributed by atoms with Gasteiger partial charge in [0, 0.05) is 30.7 Å². The Morgan fingerprint density at radius 1 is 1.35 bits per heavy atom. The zero-order chi connectivity index (χ0) is 14.8. The van der Waals surface area contributed by atoms with E-state index in [9.17, 15) is 0 Å². The molecule has 1 aliphatic heterocycles. The normalized spacial score (nSPS) is 33.6. The lowest BCUT2D eigenvalue weighted by atomic mass is 9.64. The highest BCUT2D eigenvalue weighted by atomic mass is 16.5. The maximum atomic E-state index is 6.05. The van der Waals surface area contributed by atoms with Crippen LogP contribution in [0.15, 0.2) is 0 Å². The Labute approximate surface area is 125 Å². The maximum absolute atomic E-state index is 6.05. The maximum Gasteiger partial charge on any atom is 0.0656 e. The summed E-state index contributed by atoms with van der Waals surface area (Å²) in [4.78, 5) is 2.62. The molecular weight excluding hydrogens is 248 g/mol. The van der Waals surface area contributed by atoms with Crippen LogP contribution in [0, 0.1) is 11.3 Å². The largest absolute Gasteiger partial charge is 0.377 e. The molecule has 1 N–H and O–H groups in total. The predicted molar refractivity (Wildman–Crippen MR) is 85.0 cm³/mol. The molecule has 3 heteroatoms. The van der Waals surface area contributed by atoms with Crippen molar-refractivity contribution >= 4 is 0 Å². The highest BCUT2D eigenvalue weighted by molar-refractivity contribution is 5.03. The van der Waals surface area contributed by atoms with Crippen LogP contribution < -0.4 is 5.32 Å². The molecule has 0 aromatic carbocycles. The first-order chi connectivity index (χ1) is 9.45. The van der Waals surface area contributed by atoms with Gasteiger partial charge in [-0.2, -0.15) is 0 Å². The molecule has 1 aliphatic carbocycles. The smallest absolute Gasteiger partial charge is 0.0656 e. The molecule has 0 bridgehead atoms. The van der Waals surface area contributed by atoms with Crippen LogP contribution >= 0.6 is 0 Å². The molecule has 2 aliphatic rings. The molecule has 3 atom stereocenters. The molecule has 118 valence electrons. The molecule has 1 heterocycles. The lowest BCUT2D eigenvalue weighted by Crippen LogP contribution is -2.62. The molecule has 1 saturated heterocycles. The van der Waals surface area contributed by atoms with Gasteiger partial charge in [0.15, 0.2) is 0 Å². The van der Waals surface area contributed by atoms with Crippen molar-refractivity contribution in [2.75, 3.05) is 26.2 Å². The number of rotatable bonds is 7. The fourth-order valence-corrected chi connectivity index (χ4v) is 3.64. The van der Waals surface area contributed by atoms with E-state index >= 15 is 0 Å². The predicted octanol–water partition coefficient (Wildman–Crippen LogP) is 2.90. The Morgan fingerprint density at radius 3 is 2.70 bits per heavy atom. The molecular formula is C17H34N2O. The molecule has 0 aromatic rings. The molecule has 0 aromatic heterocycles. The van der Waals surface area contributed by atoms with Crippen LogP contribution in [0.3, 0.4) is 0 Å². The quantitative estimate of drug-likeness (QED) is 0.777. The van der Waals surface area contributed by atoms with E-state index < -0.39 is 0 Å². The molecule has 0 amide bonds. The number of likely N-dealkylation sites (tertiary alicyclic amines) is 1. The van der Waals surface area contributed by atoms with Gasteiger partial charge in [0.2, 0.25) is 0 Å². The molecule has 1 saturated carbocycles. The molecule has 2 fully saturated rings. The van der Waals surface area contributed by atoms with Crippen molar-refractivity contribution in [3.63, 3.8) is 0 Å². The zero-order valence-corrected chi connectivity index (χ0v) is 14.1. The van der Waals surface area contributed by atoms with Crippen LogP contribution in [-0.2, 0) is 4.74 Å². The van der Waals surface area contributed by atoms with Gasteiger partial charge in [-0.25, -0.2) is 0 Å². The van der Waals surface area contributed by atoms with Crippen molar-refractivity contribution in [1.82, 2.24) is 10.2 Å². The van der Waals surface area contributed by atoms with Gasteiger partial charge in [-0.3, -0.25) is 4.90 Å². The van der Waals surface area contributed by atoms with Gasteiger partial charge in [0.1, 0.15) is 0 Å². The fraction of sp³-hybridized carbons (Fsp3) is 1.00. The van der Waals surface area contributed by atoms with Crippen LogP contribution in [0.5, 0.6) is 0 Å². The number of likely N-dealkylation sites (N-methyl/N-ethyl adjacent to an activating group) is 1. The van der Waals surface area contributed by atoms with E-state index in [1.54, 1.807) is 0 Å². The number of hydrogen-bond acceptors (Lipinski definition) is 3. The van der Waals surface area contributed by atoms with E-state index in [1.807, 2.05) is 0 Å². The van der Waals surface area contributed by atoms with E-state index in [1.165, 1.54) is 32.4 Å². The van der Waals surface area contributed by atoms with Crippen LogP contribution in [0.4, 0.5) is 0 Å². The lowest BCUT2D eigenvalue weighted by Gasteiger charge is -2.52.